The molecule has 0 aliphatic rings. The van der Waals surface area contributed by atoms with E-state index in [1.54, 1.807) is 18.2 Å². The normalized spacial score (nSPS) is 10.7. The topological polar surface area (TPSA) is 90.9 Å². The van der Waals surface area contributed by atoms with E-state index in [0.717, 1.165) is 0 Å². The van der Waals surface area contributed by atoms with Gasteiger partial charge in [0.05, 0.1) is 10.7 Å². The highest BCUT2D eigenvalue weighted by Gasteiger charge is 2.11. The van der Waals surface area contributed by atoms with Crippen LogP contribution in [0.25, 0.3) is 0 Å². The number of nitrogens with one attached hydrogen (secondary N) is 2. The van der Waals surface area contributed by atoms with Gasteiger partial charge in [-0.15, -0.1) is 11.6 Å². The summed E-state index contributed by atoms with van der Waals surface area (Å²) in [5.74, 6) is -0.183. The average molecular weight is 299 g/mol. The van der Waals surface area contributed by atoms with Gasteiger partial charge in [0.2, 0.25) is 0 Å². The number of nitrogens with two attached hydrogens (primary N) is 1. The molecule has 0 saturated heterocycles. The molecule has 0 saturated carbocycles. The van der Waals surface area contributed by atoms with Crippen molar-refractivity contribution in [3.63, 3.8) is 0 Å². The Kier molecular flexibility index (Phi) is 6.00. The number of benzene rings is 1. The minimum absolute atomic E-state index is 0.0713. The zero-order valence-corrected chi connectivity index (χ0v) is 11.4. The van der Waals surface area contributed by atoms with Crippen molar-refractivity contribution in [3.8, 4) is 6.07 Å². The van der Waals surface area contributed by atoms with Gasteiger partial charge in [-0.1, -0.05) is 11.6 Å². The number of alkyl halides is 1. The van der Waals surface area contributed by atoms with E-state index < -0.39 is 5.91 Å². The SMILES string of the molecule is N#C/C(=C/NCCCl)C(=O)Nc1ccc(N)cc1Cl. The van der Waals surface area contributed by atoms with E-state index in [-0.39, 0.29) is 5.57 Å². The van der Waals surface area contributed by atoms with E-state index in [2.05, 4.69) is 10.6 Å². The molecule has 0 aliphatic carbocycles. The monoisotopic (exact) mass is 298 g/mol. The van der Waals surface area contributed by atoms with Crippen molar-refractivity contribution in [3.05, 3.63) is 35.0 Å². The molecule has 100 valence electrons. The summed E-state index contributed by atoms with van der Waals surface area (Å²) in [5, 5.41) is 14.5. The molecule has 4 N–H and O–H groups in total. The van der Waals surface area contributed by atoms with Crippen LogP contribution in [0.5, 0.6) is 0 Å². The molecule has 7 heteroatoms. The van der Waals surface area contributed by atoms with Crippen LogP contribution in [-0.2, 0) is 4.79 Å². The molecule has 1 aromatic carbocycles. The molecule has 0 bridgehead atoms. The van der Waals surface area contributed by atoms with Crippen molar-refractivity contribution in [2.45, 2.75) is 0 Å². The highest BCUT2D eigenvalue weighted by Crippen LogP contribution is 2.24. The van der Waals surface area contributed by atoms with E-state index in [1.165, 1.54) is 12.3 Å². The first-order valence-corrected chi connectivity index (χ1v) is 6.25. The summed E-state index contributed by atoms with van der Waals surface area (Å²) >= 11 is 11.4. The van der Waals surface area contributed by atoms with Crippen molar-refractivity contribution in [1.82, 2.24) is 5.32 Å². The Hall–Kier alpha value is -1.90. The highest BCUT2D eigenvalue weighted by atomic mass is 35.5. The number of nitriles is 1. The van der Waals surface area contributed by atoms with Gasteiger partial charge < -0.3 is 16.4 Å². The van der Waals surface area contributed by atoms with E-state index in [1.807, 2.05) is 0 Å². The van der Waals surface area contributed by atoms with Crippen LogP contribution < -0.4 is 16.4 Å². The van der Waals surface area contributed by atoms with Gasteiger partial charge in [0.1, 0.15) is 11.6 Å². The van der Waals surface area contributed by atoms with E-state index >= 15 is 0 Å². The maximum Gasteiger partial charge on any atom is 0.267 e. The second-order valence-corrected chi connectivity index (χ2v) is 4.29. The standard InChI is InChI=1S/C12H12Cl2N4O/c13-3-4-17-7-8(6-15)12(19)18-11-2-1-9(16)5-10(11)14/h1-2,5,7,17H,3-4,16H2,(H,18,19)/b8-7-. The second-order valence-electron chi connectivity index (χ2n) is 3.51. The maximum atomic E-state index is 11.8. The number of nitrogen functional groups attached to an aromatic ring is 1. The summed E-state index contributed by atoms with van der Waals surface area (Å²) in [4.78, 5) is 11.8. The van der Waals surface area contributed by atoms with Gasteiger partial charge in [-0.3, -0.25) is 4.79 Å². The molecule has 5 nitrogen and oxygen atoms in total. The Morgan fingerprint density at radius 2 is 2.26 bits per heavy atom. The number of carbonyl (C=O) groups excluding carboxylic acids is 1. The summed E-state index contributed by atoms with van der Waals surface area (Å²) < 4.78 is 0. The number of rotatable bonds is 5. The van der Waals surface area contributed by atoms with Crippen molar-refractivity contribution >= 4 is 40.5 Å². The third-order valence-electron chi connectivity index (χ3n) is 2.09. The fourth-order valence-electron chi connectivity index (χ4n) is 1.20. The summed E-state index contributed by atoms with van der Waals surface area (Å²) in [5.41, 5.74) is 6.35. The quantitative estimate of drug-likeness (QED) is 0.255. The molecule has 1 rings (SSSR count). The lowest BCUT2D eigenvalue weighted by Crippen LogP contribution is -2.17. The van der Waals surface area contributed by atoms with Crippen LogP contribution in [0.1, 0.15) is 0 Å². The van der Waals surface area contributed by atoms with Gasteiger partial charge in [0.25, 0.3) is 5.91 Å². The predicted molar refractivity (Wildman–Crippen MR) is 76.9 cm³/mol. The molecule has 0 fully saturated rings. The summed E-state index contributed by atoms with van der Waals surface area (Å²) in [6.07, 6.45) is 1.31. The first kappa shape index (κ1) is 15.2. The van der Waals surface area contributed by atoms with Gasteiger partial charge in [0, 0.05) is 24.3 Å². The van der Waals surface area contributed by atoms with Crippen molar-refractivity contribution in [2.24, 2.45) is 0 Å². The lowest BCUT2D eigenvalue weighted by atomic mass is 10.2. The molecule has 0 radical (unpaired) electrons. The lowest BCUT2D eigenvalue weighted by molar-refractivity contribution is -0.112. The number of carbonyl (C=O) groups is 1. The van der Waals surface area contributed by atoms with Crippen LogP contribution in [0.15, 0.2) is 30.0 Å². The van der Waals surface area contributed by atoms with Crippen LogP contribution in [0.3, 0.4) is 0 Å². The van der Waals surface area contributed by atoms with Gasteiger partial charge in [-0.2, -0.15) is 5.26 Å². The van der Waals surface area contributed by atoms with Gasteiger partial charge in [-0.25, -0.2) is 0 Å². The third-order valence-corrected chi connectivity index (χ3v) is 2.59. The summed E-state index contributed by atoms with van der Waals surface area (Å²) in [7, 11) is 0. The van der Waals surface area contributed by atoms with Crippen LogP contribution in [-0.4, -0.2) is 18.3 Å². The number of hydrogen-bond donors (Lipinski definition) is 3. The minimum atomic E-state index is -0.559. The maximum absolute atomic E-state index is 11.8. The van der Waals surface area contributed by atoms with Crippen LogP contribution in [0, 0.1) is 11.3 Å². The molecule has 1 aromatic rings. The number of nitrogens with zero attached hydrogens (tertiary/aromatic N) is 1. The van der Waals surface area contributed by atoms with Crippen LogP contribution in [0.2, 0.25) is 5.02 Å². The molecular formula is C12H12Cl2N4O. The molecule has 0 spiro atoms. The molecule has 0 heterocycles. The molecule has 0 aromatic heterocycles. The molecule has 1 amide bonds. The molecule has 0 atom stereocenters. The molecular weight excluding hydrogens is 287 g/mol. The number of anilines is 2. The number of amides is 1. The Morgan fingerprint density at radius 1 is 1.53 bits per heavy atom. The summed E-state index contributed by atoms with van der Waals surface area (Å²) in [6.45, 7) is 0.461. The smallest absolute Gasteiger partial charge is 0.267 e. The fraction of sp³-hybridized carbons (Fsp3) is 0.167. The van der Waals surface area contributed by atoms with Crippen LogP contribution >= 0.6 is 23.2 Å². The average Bonchev–Trinajstić information content (AvgIpc) is 2.38. The third kappa shape index (κ3) is 4.70. The van der Waals surface area contributed by atoms with Crippen molar-refractivity contribution in [2.75, 3.05) is 23.5 Å². The zero-order valence-electron chi connectivity index (χ0n) is 9.91. The first-order chi connectivity index (χ1) is 9.08. The molecule has 0 unspecified atom stereocenters. The zero-order chi connectivity index (χ0) is 14.3. The van der Waals surface area contributed by atoms with E-state index in [0.29, 0.717) is 28.8 Å². The first-order valence-electron chi connectivity index (χ1n) is 5.34. The van der Waals surface area contributed by atoms with E-state index in [4.69, 9.17) is 34.2 Å². The van der Waals surface area contributed by atoms with Gasteiger partial charge in [-0.05, 0) is 18.2 Å². The predicted octanol–water partition coefficient (Wildman–Crippen LogP) is 2.10. The lowest BCUT2D eigenvalue weighted by Gasteiger charge is -2.07. The van der Waals surface area contributed by atoms with Gasteiger partial charge >= 0.3 is 0 Å². The molecule has 19 heavy (non-hydrogen) atoms. The largest absolute Gasteiger partial charge is 0.399 e. The van der Waals surface area contributed by atoms with Gasteiger partial charge in [0.15, 0.2) is 0 Å². The summed E-state index contributed by atoms with van der Waals surface area (Å²) in [6, 6.07) is 6.47. The van der Waals surface area contributed by atoms with E-state index in [9.17, 15) is 4.79 Å². The Labute approximate surface area is 121 Å². The Morgan fingerprint density at radius 3 is 2.84 bits per heavy atom. The molecule has 0 aliphatic heterocycles. The van der Waals surface area contributed by atoms with Crippen molar-refractivity contribution < 1.29 is 4.79 Å². The Bertz CT molecular complexity index is 537. The van der Waals surface area contributed by atoms with Crippen molar-refractivity contribution in [1.29, 1.82) is 5.26 Å². The number of halogens is 2. The Balaban J connectivity index is 2.77. The van der Waals surface area contributed by atoms with Crippen LogP contribution in [0.4, 0.5) is 11.4 Å². The highest BCUT2D eigenvalue weighted by molar-refractivity contribution is 6.34. The second kappa shape index (κ2) is 7.52. The fourth-order valence-corrected chi connectivity index (χ4v) is 1.55. The number of hydrogen-bond acceptors (Lipinski definition) is 4. The minimum Gasteiger partial charge on any atom is -0.399 e.